The zero-order chi connectivity index (χ0) is 15.1. The highest BCUT2D eigenvalue weighted by Gasteiger charge is 2.10. The van der Waals surface area contributed by atoms with Crippen molar-refractivity contribution in [2.45, 2.75) is 39.2 Å². The molecule has 0 aliphatic rings. The van der Waals surface area contributed by atoms with Crippen LogP contribution in [0.25, 0.3) is 0 Å². The normalized spacial score (nSPS) is 12.3. The smallest absolute Gasteiger partial charge is 0.115 e. The quantitative estimate of drug-likeness (QED) is 0.809. The van der Waals surface area contributed by atoms with Gasteiger partial charge in [0.1, 0.15) is 5.75 Å². The summed E-state index contributed by atoms with van der Waals surface area (Å²) in [5.41, 5.74) is 3.85. The summed E-state index contributed by atoms with van der Waals surface area (Å²) in [6, 6.07) is 16.7. The van der Waals surface area contributed by atoms with Gasteiger partial charge in [0.25, 0.3) is 0 Å². The molecule has 0 aliphatic heterocycles. The van der Waals surface area contributed by atoms with Crippen molar-refractivity contribution < 1.29 is 5.11 Å². The highest BCUT2D eigenvalue weighted by Crippen LogP contribution is 2.15. The van der Waals surface area contributed by atoms with Crippen molar-refractivity contribution in [3.05, 3.63) is 65.2 Å². The lowest BCUT2D eigenvalue weighted by Crippen LogP contribution is -2.33. The molecule has 2 rings (SSSR count). The number of hydrogen-bond donors (Lipinski definition) is 2. The van der Waals surface area contributed by atoms with E-state index in [0.717, 1.165) is 25.8 Å². The molecule has 0 bridgehead atoms. The summed E-state index contributed by atoms with van der Waals surface area (Å²) in [7, 11) is 0. The number of phenols is 1. The predicted octanol–water partition coefficient (Wildman–Crippen LogP) is 3.85. The average Bonchev–Trinajstić information content (AvgIpc) is 2.45. The van der Waals surface area contributed by atoms with Crippen molar-refractivity contribution in [3.63, 3.8) is 0 Å². The Balaban J connectivity index is 2.06. The van der Waals surface area contributed by atoms with Gasteiger partial charge in [0.2, 0.25) is 0 Å². The average molecular weight is 283 g/mol. The van der Waals surface area contributed by atoms with Gasteiger partial charge in [-0.3, -0.25) is 0 Å². The Bertz CT molecular complexity index is 517. The first-order valence-electron chi connectivity index (χ1n) is 7.74. The van der Waals surface area contributed by atoms with Gasteiger partial charge in [-0.1, -0.05) is 48.9 Å². The Morgan fingerprint density at radius 3 is 2.29 bits per heavy atom. The van der Waals surface area contributed by atoms with E-state index in [4.69, 9.17) is 0 Å². The third kappa shape index (κ3) is 5.24. The van der Waals surface area contributed by atoms with Crippen LogP contribution in [-0.4, -0.2) is 17.7 Å². The van der Waals surface area contributed by atoms with Crippen molar-refractivity contribution in [2.24, 2.45) is 0 Å². The zero-order valence-electron chi connectivity index (χ0n) is 13.0. The second kappa shape index (κ2) is 7.84. The lowest BCUT2D eigenvalue weighted by Gasteiger charge is -2.19. The molecule has 2 N–H and O–H groups in total. The van der Waals surface area contributed by atoms with Crippen LogP contribution in [0.5, 0.6) is 5.75 Å². The molecule has 0 saturated carbocycles. The maximum atomic E-state index is 9.61. The van der Waals surface area contributed by atoms with E-state index >= 15 is 0 Å². The third-order valence-corrected chi connectivity index (χ3v) is 3.64. The van der Waals surface area contributed by atoms with Crippen molar-refractivity contribution in [1.29, 1.82) is 0 Å². The molecule has 2 nitrogen and oxygen atoms in total. The van der Waals surface area contributed by atoms with Gasteiger partial charge >= 0.3 is 0 Å². The number of aromatic hydroxyl groups is 1. The Hall–Kier alpha value is -1.80. The Labute approximate surface area is 127 Å². The summed E-state index contributed by atoms with van der Waals surface area (Å²) in [5, 5.41) is 13.2. The predicted molar refractivity (Wildman–Crippen MR) is 88.8 cm³/mol. The first-order chi connectivity index (χ1) is 10.2. The van der Waals surface area contributed by atoms with E-state index in [9.17, 15) is 5.11 Å². The topological polar surface area (TPSA) is 32.3 Å². The van der Waals surface area contributed by atoms with Gasteiger partial charge < -0.3 is 10.4 Å². The third-order valence-electron chi connectivity index (χ3n) is 3.64. The molecule has 0 radical (unpaired) electrons. The fraction of sp³-hybridized carbons (Fsp3) is 0.368. The molecule has 0 aliphatic carbocycles. The van der Waals surface area contributed by atoms with Crippen molar-refractivity contribution in [2.75, 3.05) is 6.54 Å². The summed E-state index contributed by atoms with van der Waals surface area (Å²) in [6.07, 6.45) is 3.07. The molecular formula is C19H25NO. The van der Waals surface area contributed by atoms with Crippen LogP contribution in [0.1, 0.15) is 30.0 Å². The molecular weight excluding hydrogens is 258 g/mol. The highest BCUT2D eigenvalue weighted by molar-refractivity contribution is 5.28. The van der Waals surface area contributed by atoms with E-state index in [2.05, 4.69) is 49.5 Å². The van der Waals surface area contributed by atoms with Crippen LogP contribution in [0.4, 0.5) is 0 Å². The number of rotatable bonds is 7. The minimum Gasteiger partial charge on any atom is -0.508 e. The first kappa shape index (κ1) is 15.6. The maximum Gasteiger partial charge on any atom is 0.115 e. The molecule has 0 amide bonds. The zero-order valence-corrected chi connectivity index (χ0v) is 13.0. The number of hydrogen-bond acceptors (Lipinski definition) is 2. The summed E-state index contributed by atoms with van der Waals surface area (Å²) in [4.78, 5) is 0. The summed E-state index contributed by atoms with van der Waals surface area (Å²) < 4.78 is 0. The van der Waals surface area contributed by atoms with Gasteiger partial charge in [0.15, 0.2) is 0 Å². The molecule has 1 atom stereocenters. The minimum atomic E-state index is 0.345. The number of aryl methyl sites for hydroxylation is 1. The number of phenolic OH excluding ortho intramolecular Hbond substituents is 1. The van der Waals surface area contributed by atoms with Crippen LogP contribution in [0, 0.1) is 6.92 Å². The molecule has 112 valence electrons. The van der Waals surface area contributed by atoms with E-state index in [1.54, 1.807) is 6.07 Å². The van der Waals surface area contributed by atoms with Crippen molar-refractivity contribution in [1.82, 2.24) is 5.32 Å². The SMILES string of the molecule is CCCNC(Cc1cccc(C)c1)Cc1cccc(O)c1. The van der Waals surface area contributed by atoms with Crippen molar-refractivity contribution >= 4 is 0 Å². The van der Waals surface area contributed by atoms with Crippen LogP contribution in [-0.2, 0) is 12.8 Å². The second-order valence-electron chi connectivity index (χ2n) is 5.72. The molecule has 0 fully saturated rings. The Morgan fingerprint density at radius 2 is 1.67 bits per heavy atom. The molecule has 0 spiro atoms. The first-order valence-corrected chi connectivity index (χ1v) is 7.74. The molecule has 0 saturated heterocycles. The number of nitrogens with one attached hydrogen (secondary N) is 1. The molecule has 2 heteroatoms. The molecule has 1 unspecified atom stereocenters. The van der Waals surface area contributed by atoms with Crippen LogP contribution in [0.15, 0.2) is 48.5 Å². The monoisotopic (exact) mass is 283 g/mol. The standard InChI is InChI=1S/C19H25NO/c1-3-10-20-18(12-16-7-4-6-15(2)11-16)13-17-8-5-9-19(21)14-17/h4-9,11,14,18,20-21H,3,10,12-13H2,1-2H3. The van der Waals surface area contributed by atoms with Crippen molar-refractivity contribution in [3.8, 4) is 5.75 Å². The fourth-order valence-corrected chi connectivity index (χ4v) is 2.66. The Morgan fingerprint density at radius 1 is 1.00 bits per heavy atom. The van der Waals surface area contributed by atoms with Gasteiger partial charge in [-0.25, -0.2) is 0 Å². The number of benzene rings is 2. The maximum absolute atomic E-state index is 9.61. The van der Waals surface area contributed by atoms with Gasteiger partial charge in [0, 0.05) is 6.04 Å². The van der Waals surface area contributed by atoms with E-state index in [0.29, 0.717) is 11.8 Å². The van der Waals surface area contributed by atoms with Crippen LogP contribution in [0.3, 0.4) is 0 Å². The second-order valence-corrected chi connectivity index (χ2v) is 5.72. The largest absolute Gasteiger partial charge is 0.508 e. The molecule has 2 aromatic rings. The van der Waals surface area contributed by atoms with Crippen LogP contribution < -0.4 is 5.32 Å². The van der Waals surface area contributed by atoms with Gasteiger partial charge in [-0.05, 0) is 56.0 Å². The van der Waals surface area contributed by atoms with Gasteiger partial charge in [-0.2, -0.15) is 0 Å². The van der Waals surface area contributed by atoms with E-state index in [1.807, 2.05) is 12.1 Å². The molecule has 0 aromatic heterocycles. The highest BCUT2D eigenvalue weighted by atomic mass is 16.3. The van der Waals surface area contributed by atoms with E-state index < -0.39 is 0 Å². The van der Waals surface area contributed by atoms with E-state index in [-0.39, 0.29) is 0 Å². The summed E-state index contributed by atoms with van der Waals surface area (Å²) >= 11 is 0. The molecule has 2 aromatic carbocycles. The Kier molecular flexibility index (Phi) is 5.82. The molecule has 21 heavy (non-hydrogen) atoms. The van der Waals surface area contributed by atoms with Crippen LogP contribution >= 0.6 is 0 Å². The summed E-state index contributed by atoms with van der Waals surface area (Å²) in [6.45, 7) is 5.34. The lowest BCUT2D eigenvalue weighted by atomic mass is 9.98. The minimum absolute atomic E-state index is 0.345. The van der Waals surface area contributed by atoms with E-state index in [1.165, 1.54) is 16.7 Å². The summed E-state index contributed by atoms with van der Waals surface area (Å²) in [5.74, 6) is 0.345. The fourth-order valence-electron chi connectivity index (χ4n) is 2.66. The molecule has 0 heterocycles. The van der Waals surface area contributed by atoms with Gasteiger partial charge in [0.05, 0.1) is 0 Å². The van der Waals surface area contributed by atoms with Gasteiger partial charge in [-0.15, -0.1) is 0 Å². The van der Waals surface area contributed by atoms with Crippen LogP contribution in [0.2, 0.25) is 0 Å². The lowest BCUT2D eigenvalue weighted by molar-refractivity contribution is 0.471.